The maximum absolute atomic E-state index is 12.4. The topological polar surface area (TPSA) is 82.5 Å². The van der Waals surface area contributed by atoms with Crippen molar-refractivity contribution in [2.45, 2.75) is 49.4 Å². The number of aromatic nitrogens is 1. The van der Waals surface area contributed by atoms with Crippen LogP contribution in [-0.4, -0.2) is 51.8 Å². The second kappa shape index (κ2) is 9.17. The van der Waals surface area contributed by atoms with Crippen LogP contribution in [0.3, 0.4) is 0 Å². The van der Waals surface area contributed by atoms with E-state index in [1.54, 1.807) is 5.38 Å². The van der Waals surface area contributed by atoms with E-state index >= 15 is 0 Å². The molecule has 29 heavy (non-hydrogen) atoms. The van der Waals surface area contributed by atoms with Crippen molar-refractivity contribution in [3.63, 3.8) is 0 Å². The first-order valence-corrected chi connectivity index (χ1v) is 11.6. The van der Waals surface area contributed by atoms with E-state index in [9.17, 15) is 9.59 Å². The number of benzene rings is 1. The minimum atomic E-state index is -1.01. The normalized spacial score (nSPS) is 17.0. The number of likely N-dealkylation sites (tertiary alicyclic amines) is 1. The zero-order chi connectivity index (χ0) is 21.0. The second-order valence-electron chi connectivity index (χ2n) is 8.11. The number of hydrogen-bond donors (Lipinski definition) is 2. The predicted octanol–water partition coefficient (Wildman–Crippen LogP) is 4.33. The lowest BCUT2D eigenvalue weighted by molar-refractivity contribution is -0.128. The molecule has 1 aromatic heterocycles. The van der Waals surface area contributed by atoms with E-state index in [-0.39, 0.29) is 23.1 Å². The Hall–Kier alpha value is -2.06. The number of carboxylic acid groups (broad SMARTS) is 1. The van der Waals surface area contributed by atoms with Crippen molar-refractivity contribution >= 4 is 40.7 Å². The molecule has 1 aromatic carbocycles. The second-order valence-corrected chi connectivity index (χ2v) is 10.3. The lowest BCUT2D eigenvalue weighted by Gasteiger charge is -2.28. The zero-order valence-electron chi connectivity index (χ0n) is 17.0. The van der Waals surface area contributed by atoms with Gasteiger partial charge in [0.05, 0.1) is 0 Å². The van der Waals surface area contributed by atoms with Crippen LogP contribution in [0, 0.1) is 0 Å². The molecule has 3 rings (SSSR count). The summed E-state index contributed by atoms with van der Waals surface area (Å²) in [6, 6.07) is 8.51. The van der Waals surface area contributed by atoms with Crippen LogP contribution in [-0.2, 0) is 10.2 Å². The molecule has 2 heterocycles. The number of thioether (sulfide) groups is 1. The van der Waals surface area contributed by atoms with E-state index < -0.39 is 5.97 Å². The summed E-state index contributed by atoms with van der Waals surface area (Å²) in [4.78, 5) is 29.3. The highest BCUT2D eigenvalue weighted by atomic mass is 32.2. The van der Waals surface area contributed by atoms with E-state index in [0.29, 0.717) is 18.7 Å². The third-order valence-corrected chi connectivity index (χ3v) is 6.98. The Kier molecular flexibility index (Phi) is 6.85. The van der Waals surface area contributed by atoms with Crippen molar-refractivity contribution in [3.8, 4) is 0 Å². The van der Waals surface area contributed by atoms with E-state index in [0.717, 1.165) is 23.0 Å². The van der Waals surface area contributed by atoms with Gasteiger partial charge in [-0.25, -0.2) is 9.78 Å². The average Bonchev–Trinajstić information content (AvgIpc) is 3.27. The van der Waals surface area contributed by atoms with Crippen LogP contribution in [0.25, 0.3) is 0 Å². The number of carbonyl (C=O) groups excluding carboxylic acids is 1. The third kappa shape index (κ3) is 5.51. The highest BCUT2D eigenvalue weighted by molar-refractivity contribution is 8.01. The molecule has 8 heteroatoms. The van der Waals surface area contributed by atoms with E-state index in [2.05, 4.69) is 49.3 Å². The molecule has 2 aromatic rings. The van der Waals surface area contributed by atoms with Gasteiger partial charge in [0.2, 0.25) is 5.91 Å². The minimum absolute atomic E-state index is 0.0495. The van der Waals surface area contributed by atoms with Crippen molar-refractivity contribution in [1.29, 1.82) is 0 Å². The maximum atomic E-state index is 12.4. The monoisotopic (exact) mass is 433 g/mol. The Morgan fingerprint density at radius 2 is 2.14 bits per heavy atom. The Balaban J connectivity index is 1.56. The highest BCUT2D eigenvalue weighted by Gasteiger charge is 2.30. The number of thiazole rings is 1. The molecular weight excluding hydrogens is 406 g/mol. The highest BCUT2D eigenvalue weighted by Crippen LogP contribution is 2.30. The van der Waals surface area contributed by atoms with E-state index in [1.165, 1.54) is 28.7 Å². The Morgan fingerprint density at radius 1 is 1.38 bits per heavy atom. The van der Waals surface area contributed by atoms with Crippen LogP contribution in [0.4, 0.5) is 5.69 Å². The number of nitrogens with one attached hydrogen (secondary N) is 1. The fourth-order valence-electron chi connectivity index (χ4n) is 3.48. The summed E-state index contributed by atoms with van der Waals surface area (Å²) in [6.07, 6.45) is 1.44. The Bertz CT molecular complexity index is 876. The van der Waals surface area contributed by atoms with Gasteiger partial charge in [0.25, 0.3) is 0 Å². The van der Waals surface area contributed by atoms with Crippen LogP contribution < -0.4 is 5.32 Å². The van der Waals surface area contributed by atoms with Gasteiger partial charge in [0, 0.05) is 42.4 Å². The standard InChI is InChI=1S/C21H27N3O3S2/c1-21(2,3)15-6-4-5-7-16(15)22-12-14-8-9-18(25)24(14)10-11-28-20-23-17(13-29-20)19(26)27/h4-7,13-14,22H,8-12H2,1-3H3,(H,26,27). The molecule has 0 aliphatic carbocycles. The number of anilines is 1. The average molecular weight is 434 g/mol. The van der Waals surface area contributed by atoms with Crippen molar-refractivity contribution in [1.82, 2.24) is 9.88 Å². The van der Waals surface area contributed by atoms with Crippen LogP contribution in [0.5, 0.6) is 0 Å². The van der Waals surface area contributed by atoms with Crippen LogP contribution in [0.1, 0.15) is 49.7 Å². The Morgan fingerprint density at radius 3 is 2.83 bits per heavy atom. The first kappa shape index (κ1) is 21.6. The molecule has 1 amide bonds. The molecule has 1 aliphatic heterocycles. The lowest BCUT2D eigenvalue weighted by Crippen LogP contribution is -2.39. The molecule has 0 radical (unpaired) electrons. The van der Waals surface area contributed by atoms with Gasteiger partial charge < -0.3 is 15.3 Å². The summed E-state index contributed by atoms with van der Waals surface area (Å²) < 4.78 is 0.725. The zero-order valence-corrected chi connectivity index (χ0v) is 18.6. The molecule has 0 saturated carbocycles. The number of carboxylic acids is 1. The third-order valence-electron chi connectivity index (χ3n) is 4.98. The number of aromatic carboxylic acids is 1. The lowest BCUT2D eigenvalue weighted by atomic mass is 9.86. The smallest absolute Gasteiger partial charge is 0.355 e. The van der Waals surface area contributed by atoms with Gasteiger partial charge in [-0.05, 0) is 23.5 Å². The van der Waals surface area contributed by atoms with Gasteiger partial charge in [-0.1, -0.05) is 50.7 Å². The molecule has 156 valence electrons. The molecule has 6 nitrogen and oxygen atoms in total. The fraction of sp³-hybridized carbons (Fsp3) is 0.476. The molecule has 1 atom stereocenters. The molecule has 0 bridgehead atoms. The van der Waals surface area contributed by atoms with Gasteiger partial charge in [-0.3, -0.25) is 4.79 Å². The first-order valence-electron chi connectivity index (χ1n) is 9.70. The van der Waals surface area contributed by atoms with E-state index in [4.69, 9.17) is 5.11 Å². The van der Waals surface area contributed by atoms with Crippen LogP contribution in [0.2, 0.25) is 0 Å². The molecular formula is C21H27N3O3S2. The number of amides is 1. The van der Waals surface area contributed by atoms with Gasteiger partial charge in [-0.15, -0.1) is 11.3 Å². The van der Waals surface area contributed by atoms with E-state index in [1.807, 2.05) is 11.0 Å². The number of nitrogens with zero attached hydrogens (tertiary/aromatic N) is 2. The Labute approximate surface area is 179 Å². The summed E-state index contributed by atoms with van der Waals surface area (Å²) >= 11 is 2.83. The SMILES string of the molecule is CC(C)(C)c1ccccc1NCC1CCC(=O)N1CCSc1nc(C(=O)O)cs1. The van der Waals surface area contributed by atoms with Gasteiger partial charge in [0.1, 0.15) is 0 Å². The largest absolute Gasteiger partial charge is 0.476 e. The number of para-hydroxylation sites is 1. The van der Waals surface area contributed by atoms with Crippen molar-refractivity contribution < 1.29 is 14.7 Å². The minimum Gasteiger partial charge on any atom is -0.476 e. The molecule has 1 unspecified atom stereocenters. The molecule has 2 N–H and O–H groups in total. The molecule has 1 aliphatic rings. The van der Waals surface area contributed by atoms with Crippen molar-refractivity contribution in [3.05, 3.63) is 40.9 Å². The molecule has 0 spiro atoms. The van der Waals surface area contributed by atoms with Crippen LogP contribution in [0.15, 0.2) is 34.0 Å². The fourth-order valence-corrected chi connectivity index (χ4v) is 5.29. The predicted molar refractivity (Wildman–Crippen MR) is 118 cm³/mol. The van der Waals surface area contributed by atoms with Crippen molar-refractivity contribution in [2.24, 2.45) is 0 Å². The number of hydrogen-bond acceptors (Lipinski definition) is 6. The van der Waals surface area contributed by atoms with Crippen molar-refractivity contribution in [2.75, 3.05) is 24.2 Å². The quantitative estimate of drug-likeness (QED) is 0.603. The maximum Gasteiger partial charge on any atom is 0.355 e. The summed E-state index contributed by atoms with van der Waals surface area (Å²) in [6.45, 7) is 7.96. The summed E-state index contributed by atoms with van der Waals surface area (Å²) in [5.74, 6) is -0.121. The summed E-state index contributed by atoms with van der Waals surface area (Å²) in [5.41, 5.74) is 2.52. The first-order chi connectivity index (χ1) is 13.8. The van der Waals surface area contributed by atoms with Gasteiger partial charge in [0.15, 0.2) is 10.0 Å². The van der Waals surface area contributed by atoms with Gasteiger partial charge in [-0.2, -0.15) is 0 Å². The summed E-state index contributed by atoms with van der Waals surface area (Å²) in [5, 5.41) is 14.1. The molecule has 1 fully saturated rings. The van der Waals surface area contributed by atoms with Crippen LogP contribution >= 0.6 is 23.1 Å². The molecule has 1 saturated heterocycles. The summed E-state index contributed by atoms with van der Waals surface area (Å²) in [7, 11) is 0. The number of rotatable bonds is 8. The van der Waals surface area contributed by atoms with Gasteiger partial charge >= 0.3 is 5.97 Å². The number of carbonyl (C=O) groups is 2.